The van der Waals surface area contributed by atoms with Crippen molar-refractivity contribution >= 4 is 41.5 Å². The van der Waals surface area contributed by atoms with Gasteiger partial charge in [0.25, 0.3) is 0 Å². The van der Waals surface area contributed by atoms with Gasteiger partial charge < -0.3 is 15.0 Å². The second-order valence-corrected chi connectivity index (χ2v) is 5.61. The van der Waals surface area contributed by atoms with Gasteiger partial charge in [-0.1, -0.05) is 23.7 Å². The summed E-state index contributed by atoms with van der Waals surface area (Å²) in [5, 5.41) is 4.18. The molecule has 0 aromatic heterocycles. The van der Waals surface area contributed by atoms with Crippen molar-refractivity contribution in [3.05, 3.63) is 34.9 Å². The Morgan fingerprint density at radius 1 is 1.32 bits per heavy atom. The predicted molar refractivity (Wildman–Crippen MR) is 103 cm³/mol. The fourth-order valence-electron chi connectivity index (χ4n) is 2.59. The largest absolute Gasteiger partial charge is 0.378 e. The second-order valence-electron chi connectivity index (χ2n) is 5.17. The van der Waals surface area contributed by atoms with E-state index in [4.69, 9.17) is 16.3 Å². The lowest BCUT2D eigenvalue weighted by molar-refractivity contribution is 0.0263. The Kier molecular flexibility index (Phi) is 9.12. The lowest BCUT2D eigenvalue weighted by Gasteiger charge is -2.34. The average molecular weight is 438 g/mol. The highest BCUT2D eigenvalue weighted by Gasteiger charge is 2.21. The van der Waals surface area contributed by atoms with E-state index in [0.29, 0.717) is 6.10 Å². The first kappa shape index (κ1) is 19.5. The van der Waals surface area contributed by atoms with Gasteiger partial charge in [-0.3, -0.25) is 4.99 Å². The number of hydrogen-bond acceptors (Lipinski definition) is 2. The molecule has 1 heterocycles. The molecular formula is C16H25ClIN3O. The Morgan fingerprint density at radius 2 is 1.95 bits per heavy atom. The number of nitrogens with one attached hydrogen (secondary N) is 1. The second kappa shape index (κ2) is 10.3. The Morgan fingerprint density at radius 3 is 2.50 bits per heavy atom. The van der Waals surface area contributed by atoms with Gasteiger partial charge in [0.15, 0.2) is 5.96 Å². The zero-order valence-corrected chi connectivity index (χ0v) is 16.3. The van der Waals surface area contributed by atoms with Crippen LogP contribution in [0.1, 0.15) is 25.3 Å². The maximum atomic E-state index is 5.90. The summed E-state index contributed by atoms with van der Waals surface area (Å²) < 4.78 is 5.69. The highest BCUT2D eigenvalue weighted by molar-refractivity contribution is 14.0. The number of piperidine rings is 1. The summed E-state index contributed by atoms with van der Waals surface area (Å²) in [5.41, 5.74) is 1.20. The van der Waals surface area contributed by atoms with E-state index in [1.807, 2.05) is 31.3 Å². The summed E-state index contributed by atoms with van der Waals surface area (Å²) in [7, 11) is 1.83. The molecule has 0 saturated carbocycles. The lowest BCUT2D eigenvalue weighted by atomic mass is 10.1. The van der Waals surface area contributed by atoms with Gasteiger partial charge in [-0.05, 0) is 37.5 Å². The molecule has 1 aliphatic rings. The van der Waals surface area contributed by atoms with Gasteiger partial charge in [0.1, 0.15) is 0 Å². The minimum Gasteiger partial charge on any atom is -0.378 e. The molecule has 1 aromatic rings. The number of hydrogen-bond donors (Lipinski definition) is 1. The smallest absolute Gasteiger partial charge is 0.193 e. The normalized spacial score (nSPS) is 16.3. The molecule has 1 fully saturated rings. The third kappa shape index (κ3) is 5.93. The van der Waals surface area contributed by atoms with Crippen molar-refractivity contribution in [1.29, 1.82) is 0 Å². The molecule has 0 amide bonds. The molecule has 0 unspecified atom stereocenters. The molecule has 2 rings (SSSR count). The van der Waals surface area contributed by atoms with Crippen molar-refractivity contribution in [2.75, 3.05) is 26.7 Å². The van der Waals surface area contributed by atoms with Gasteiger partial charge in [-0.25, -0.2) is 0 Å². The number of likely N-dealkylation sites (tertiary alicyclic amines) is 1. The van der Waals surface area contributed by atoms with E-state index < -0.39 is 0 Å². The topological polar surface area (TPSA) is 36.9 Å². The van der Waals surface area contributed by atoms with E-state index >= 15 is 0 Å². The van der Waals surface area contributed by atoms with E-state index in [1.54, 1.807) is 0 Å². The molecular weight excluding hydrogens is 413 g/mol. The van der Waals surface area contributed by atoms with Gasteiger partial charge in [-0.15, -0.1) is 24.0 Å². The summed E-state index contributed by atoms with van der Waals surface area (Å²) in [6.07, 6.45) is 2.53. The molecule has 0 spiro atoms. The van der Waals surface area contributed by atoms with Crippen LogP contribution in [0.3, 0.4) is 0 Å². The predicted octanol–water partition coefficient (Wildman–Crippen LogP) is 3.53. The van der Waals surface area contributed by atoms with Gasteiger partial charge >= 0.3 is 0 Å². The Bertz CT molecular complexity index is 459. The molecule has 0 bridgehead atoms. The molecule has 1 N–H and O–H groups in total. The number of aliphatic imine (C=N–C) groups is 1. The van der Waals surface area contributed by atoms with Crippen molar-refractivity contribution < 1.29 is 4.74 Å². The number of guanidine groups is 1. The molecule has 0 radical (unpaired) electrons. The Balaban J connectivity index is 0.00000242. The number of rotatable bonds is 4. The summed E-state index contributed by atoms with van der Waals surface area (Å²) in [4.78, 5) is 6.68. The van der Waals surface area contributed by atoms with Crippen LogP contribution in [-0.2, 0) is 11.3 Å². The molecule has 0 aliphatic carbocycles. The van der Waals surface area contributed by atoms with Crippen molar-refractivity contribution in [3.63, 3.8) is 0 Å². The molecule has 1 aromatic carbocycles. The zero-order chi connectivity index (χ0) is 15.1. The Hall–Kier alpha value is -0.530. The SMILES string of the molecule is CCOC1CCN(C(=NC)NCc2ccc(Cl)cc2)CC1.I. The molecule has 6 heteroatoms. The number of nitrogens with zero attached hydrogens (tertiary/aromatic N) is 2. The van der Waals surface area contributed by atoms with Crippen LogP contribution in [0.2, 0.25) is 5.02 Å². The monoisotopic (exact) mass is 437 g/mol. The first-order valence-electron chi connectivity index (χ1n) is 7.54. The summed E-state index contributed by atoms with van der Waals surface area (Å²) in [6, 6.07) is 7.89. The maximum absolute atomic E-state index is 5.90. The summed E-state index contributed by atoms with van der Waals surface area (Å²) >= 11 is 5.90. The standard InChI is InChI=1S/C16H24ClN3O.HI/c1-3-21-15-8-10-20(11-9-15)16(18-2)19-12-13-4-6-14(17)7-5-13;/h4-7,15H,3,8-12H2,1-2H3,(H,18,19);1H. The molecule has 1 saturated heterocycles. The number of benzene rings is 1. The maximum Gasteiger partial charge on any atom is 0.193 e. The van der Waals surface area contributed by atoms with Crippen LogP contribution in [-0.4, -0.2) is 43.7 Å². The average Bonchev–Trinajstić information content (AvgIpc) is 2.51. The molecule has 4 nitrogen and oxygen atoms in total. The summed E-state index contributed by atoms with van der Waals surface area (Å²) in [6.45, 7) is 5.60. The lowest BCUT2D eigenvalue weighted by Crippen LogP contribution is -2.46. The van der Waals surface area contributed by atoms with Gasteiger partial charge in [0.2, 0.25) is 0 Å². The van der Waals surface area contributed by atoms with E-state index in [9.17, 15) is 0 Å². The highest BCUT2D eigenvalue weighted by Crippen LogP contribution is 2.14. The first-order valence-corrected chi connectivity index (χ1v) is 7.92. The van der Waals surface area contributed by atoms with Crippen LogP contribution in [0.4, 0.5) is 0 Å². The van der Waals surface area contributed by atoms with Crippen LogP contribution >= 0.6 is 35.6 Å². The fraction of sp³-hybridized carbons (Fsp3) is 0.562. The van der Waals surface area contributed by atoms with Crippen molar-refractivity contribution in [3.8, 4) is 0 Å². The van der Waals surface area contributed by atoms with Crippen LogP contribution in [0, 0.1) is 0 Å². The van der Waals surface area contributed by atoms with Gasteiger partial charge in [0.05, 0.1) is 6.10 Å². The van der Waals surface area contributed by atoms with E-state index in [2.05, 4.69) is 22.1 Å². The molecule has 0 atom stereocenters. The molecule has 1 aliphatic heterocycles. The quantitative estimate of drug-likeness (QED) is 0.445. The van der Waals surface area contributed by atoms with Crippen LogP contribution in [0.25, 0.3) is 0 Å². The van der Waals surface area contributed by atoms with Gasteiger partial charge in [-0.2, -0.15) is 0 Å². The van der Waals surface area contributed by atoms with E-state index in [-0.39, 0.29) is 24.0 Å². The highest BCUT2D eigenvalue weighted by atomic mass is 127. The third-order valence-electron chi connectivity index (χ3n) is 3.72. The van der Waals surface area contributed by atoms with Crippen molar-refractivity contribution in [2.24, 2.45) is 4.99 Å². The van der Waals surface area contributed by atoms with E-state index in [0.717, 1.165) is 50.1 Å². The van der Waals surface area contributed by atoms with Crippen molar-refractivity contribution in [1.82, 2.24) is 10.2 Å². The van der Waals surface area contributed by atoms with Crippen LogP contribution < -0.4 is 5.32 Å². The minimum atomic E-state index is 0. The first-order chi connectivity index (χ1) is 10.2. The van der Waals surface area contributed by atoms with Crippen molar-refractivity contribution in [2.45, 2.75) is 32.4 Å². The zero-order valence-electron chi connectivity index (χ0n) is 13.2. The third-order valence-corrected chi connectivity index (χ3v) is 3.97. The molecule has 22 heavy (non-hydrogen) atoms. The number of ether oxygens (including phenoxy) is 1. The minimum absolute atomic E-state index is 0. The number of halogens is 2. The van der Waals surface area contributed by atoms with Crippen LogP contribution in [0.5, 0.6) is 0 Å². The fourth-order valence-corrected chi connectivity index (χ4v) is 2.71. The molecule has 124 valence electrons. The Labute approximate surface area is 155 Å². The van der Waals surface area contributed by atoms with E-state index in [1.165, 1.54) is 5.56 Å². The van der Waals surface area contributed by atoms with Gasteiger partial charge in [0, 0.05) is 38.3 Å². The summed E-state index contributed by atoms with van der Waals surface area (Å²) in [5.74, 6) is 0.958. The van der Waals surface area contributed by atoms with Crippen LogP contribution in [0.15, 0.2) is 29.3 Å².